The van der Waals surface area contributed by atoms with Crippen LogP contribution >= 0.6 is 0 Å². The molecule has 1 aliphatic heterocycles. The second kappa shape index (κ2) is 9.92. The Morgan fingerprint density at radius 1 is 1.07 bits per heavy atom. The Labute approximate surface area is 170 Å². The summed E-state index contributed by atoms with van der Waals surface area (Å²) in [5, 5.41) is 8.96. The summed E-state index contributed by atoms with van der Waals surface area (Å²) in [4.78, 5) is 40.0. The summed E-state index contributed by atoms with van der Waals surface area (Å²) in [6.45, 7) is 5.06. The number of carbonyl (C=O) groups is 3. The first-order valence-corrected chi connectivity index (χ1v) is 9.71. The fourth-order valence-electron chi connectivity index (χ4n) is 3.52. The molecular formula is C21H26N2O6. The van der Waals surface area contributed by atoms with Crippen molar-refractivity contribution in [2.24, 2.45) is 0 Å². The van der Waals surface area contributed by atoms with Crippen LogP contribution in [-0.4, -0.2) is 48.3 Å². The van der Waals surface area contributed by atoms with E-state index in [-0.39, 0.29) is 32.8 Å². The molecule has 0 bridgehead atoms. The molecule has 1 aliphatic rings. The molecule has 8 nitrogen and oxygen atoms in total. The summed E-state index contributed by atoms with van der Waals surface area (Å²) in [6.07, 6.45) is -0.118. The van der Waals surface area contributed by atoms with Gasteiger partial charge >= 0.3 is 18.0 Å². The van der Waals surface area contributed by atoms with Crippen molar-refractivity contribution in [2.75, 3.05) is 19.8 Å². The van der Waals surface area contributed by atoms with E-state index in [1.165, 1.54) is 0 Å². The van der Waals surface area contributed by atoms with Crippen molar-refractivity contribution in [1.82, 2.24) is 4.90 Å². The molecule has 1 heterocycles. The lowest BCUT2D eigenvalue weighted by Gasteiger charge is -2.43. The van der Waals surface area contributed by atoms with Crippen molar-refractivity contribution in [3.05, 3.63) is 34.9 Å². The normalized spacial score (nSPS) is 14.3. The monoisotopic (exact) mass is 402 g/mol. The number of amides is 1. The number of nitrogens with zero attached hydrogens (tertiary/aromatic N) is 2. The number of aryl methyl sites for hydroxylation is 1. The molecule has 0 unspecified atom stereocenters. The summed E-state index contributed by atoms with van der Waals surface area (Å²) >= 11 is 0. The van der Waals surface area contributed by atoms with Crippen LogP contribution in [0, 0.1) is 11.3 Å². The maximum absolute atomic E-state index is 13.1. The Kier molecular flexibility index (Phi) is 7.59. The van der Waals surface area contributed by atoms with E-state index in [0.29, 0.717) is 12.8 Å². The van der Waals surface area contributed by atoms with E-state index in [1.807, 2.05) is 18.2 Å². The van der Waals surface area contributed by atoms with Gasteiger partial charge in [-0.05, 0) is 43.9 Å². The van der Waals surface area contributed by atoms with Gasteiger partial charge in [0.25, 0.3) is 0 Å². The number of hydrogen-bond acceptors (Lipinski definition) is 7. The van der Waals surface area contributed by atoms with Crippen LogP contribution in [0.25, 0.3) is 0 Å². The lowest BCUT2D eigenvalue weighted by atomic mass is 9.80. The highest BCUT2D eigenvalue weighted by Gasteiger charge is 2.58. The Morgan fingerprint density at radius 3 is 2.24 bits per heavy atom. The van der Waals surface area contributed by atoms with Crippen LogP contribution in [0.15, 0.2) is 18.2 Å². The van der Waals surface area contributed by atoms with Crippen LogP contribution < -0.4 is 0 Å². The van der Waals surface area contributed by atoms with E-state index in [9.17, 15) is 14.4 Å². The lowest BCUT2D eigenvalue weighted by Crippen LogP contribution is -2.66. The zero-order valence-corrected chi connectivity index (χ0v) is 17.0. The first-order valence-electron chi connectivity index (χ1n) is 9.71. The van der Waals surface area contributed by atoms with Gasteiger partial charge in [-0.3, -0.25) is 4.90 Å². The zero-order chi connectivity index (χ0) is 21.4. The maximum Gasteiger partial charge on any atom is 0.411 e. The summed E-state index contributed by atoms with van der Waals surface area (Å²) in [7, 11) is 0. The minimum Gasteiger partial charge on any atom is -0.464 e. The van der Waals surface area contributed by atoms with Gasteiger partial charge in [0.1, 0.15) is 0 Å². The van der Waals surface area contributed by atoms with Crippen molar-refractivity contribution in [3.63, 3.8) is 0 Å². The van der Waals surface area contributed by atoms with E-state index in [1.54, 1.807) is 20.8 Å². The van der Waals surface area contributed by atoms with Crippen LogP contribution in [0.1, 0.15) is 43.9 Å². The molecule has 0 aliphatic carbocycles. The van der Waals surface area contributed by atoms with Crippen LogP contribution in [0.3, 0.4) is 0 Å². The van der Waals surface area contributed by atoms with E-state index in [4.69, 9.17) is 19.5 Å². The highest BCUT2D eigenvalue weighted by Crippen LogP contribution is 2.36. The number of nitriles is 1. The number of rotatable bonds is 7. The second-order valence-corrected chi connectivity index (χ2v) is 6.48. The fourth-order valence-corrected chi connectivity index (χ4v) is 3.52. The van der Waals surface area contributed by atoms with Gasteiger partial charge in [-0.15, -0.1) is 0 Å². The molecule has 8 heteroatoms. The third-order valence-corrected chi connectivity index (χ3v) is 4.81. The third kappa shape index (κ3) is 4.34. The number of fused-ring (bicyclic) bond motifs is 1. The predicted octanol–water partition coefficient (Wildman–Crippen LogP) is 2.52. The number of esters is 2. The average molecular weight is 402 g/mol. The second-order valence-electron chi connectivity index (χ2n) is 6.48. The lowest BCUT2D eigenvalue weighted by molar-refractivity contribution is -0.175. The van der Waals surface area contributed by atoms with Crippen molar-refractivity contribution in [3.8, 4) is 6.07 Å². The van der Waals surface area contributed by atoms with Gasteiger partial charge in [-0.2, -0.15) is 5.26 Å². The molecule has 0 saturated carbocycles. The van der Waals surface area contributed by atoms with Gasteiger partial charge < -0.3 is 14.2 Å². The third-order valence-electron chi connectivity index (χ3n) is 4.81. The van der Waals surface area contributed by atoms with E-state index >= 15 is 0 Å². The summed E-state index contributed by atoms with van der Waals surface area (Å²) in [5.41, 5.74) is 0.418. The van der Waals surface area contributed by atoms with E-state index in [0.717, 1.165) is 21.6 Å². The molecule has 0 spiro atoms. The van der Waals surface area contributed by atoms with Gasteiger partial charge in [0, 0.05) is 12.8 Å². The zero-order valence-electron chi connectivity index (χ0n) is 17.0. The Bertz CT molecular complexity index is 796. The Hall–Kier alpha value is -3.08. The molecule has 1 amide bonds. The molecule has 1 aromatic carbocycles. The van der Waals surface area contributed by atoms with Crippen LogP contribution in [0.4, 0.5) is 4.79 Å². The standard InChI is InChI=1S/C21H26N2O6/c1-4-27-18(24)21(19(25)28-5-2)13-17-15(11-8-12-22)9-7-10-16(17)14-23(21)20(26)29-6-3/h7,9-10H,4-6,8,11,13-14H2,1-3H3. The minimum absolute atomic E-state index is 0.00775. The molecule has 0 fully saturated rings. The molecule has 0 N–H and O–H groups in total. The van der Waals surface area contributed by atoms with Crippen molar-refractivity contribution >= 4 is 18.0 Å². The van der Waals surface area contributed by atoms with Gasteiger partial charge in [0.2, 0.25) is 5.54 Å². The number of hydrogen-bond donors (Lipinski definition) is 0. The van der Waals surface area contributed by atoms with E-state index in [2.05, 4.69) is 6.07 Å². The van der Waals surface area contributed by atoms with Crippen LogP contribution in [-0.2, 0) is 43.2 Å². The Balaban J connectivity index is 2.66. The van der Waals surface area contributed by atoms with Gasteiger partial charge in [0.05, 0.1) is 32.4 Å². The number of carbonyl (C=O) groups excluding carboxylic acids is 3. The topological polar surface area (TPSA) is 106 Å². The molecular weight excluding hydrogens is 376 g/mol. The van der Waals surface area contributed by atoms with Crippen LogP contribution in [0.5, 0.6) is 0 Å². The van der Waals surface area contributed by atoms with Gasteiger partial charge in [-0.1, -0.05) is 18.2 Å². The van der Waals surface area contributed by atoms with Crippen LogP contribution in [0.2, 0.25) is 0 Å². The highest BCUT2D eigenvalue weighted by molar-refractivity contribution is 6.08. The fraction of sp³-hybridized carbons (Fsp3) is 0.524. The Morgan fingerprint density at radius 2 is 1.69 bits per heavy atom. The molecule has 0 aromatic heterocycles. The first kappa shape index (κ1) is 22.2. The highest BCUT2D eigenvalue weighted by atomic mass is 16.6. The van der Waals surface area contributed by atoms with Gasteiger partial charge in [0.15, 0.2) is 0 Å². The molecule has 156 valence electrons. The van der Waals surface area contributed by atoms with E-state index < -0.39 is 23.6 Å². The first-order chi connectivity index (χ1) is 14.0. The number of benzene rings is 1. The van der Waals surface area contributed by atoms with Crippen molar-refractivity contribution in [2.45, 2.75) is 52.1 Å². The maximum atomic E-state index is 13.1. The molecule has 2 rings (SSSR count). The SMILES string of the molecule is CCOC(=O)N1Cc2cccc(CCC#N)c2CC1(C(=O)OCC)C(=O)OCC. The predicted molar refractivity (Wildman–Crippen MR) is 103 cm³/mol. The smallest absolute Gasteiger partial charge is 0.411 e. The number of ether oxygens (including phenoxy) is 3. The molecule has 29 heavy (non-hydrogen) atoms. The average Bonchev–Trinajstić information content (AvgIpc) is 2.71. The summed E-state index contributed by atoms with van der Waals surface area (Å²) in [6, 6.07) is 7.63. The largest absolute Gasteiger partial charge is 0.464 e. The van der Waals surface area contributed by atoms with Crippen molar-refractivity contribution < 1.29 is 28.6 Å². The minimum atomic E-state index is -1.98. The molecule has 0 saturated heterocycles. The molecule has 1 aromatic rings. The van der Waals surface area contributed by atoms with Crippen molar-refractivity contribution in [1.29, 1.82) is 5.26 Å². The summed E-state index contributed by atoms with van der Waals surface area (Å²) in [5.74, 6) is -1.71. The summed E-state index contributed by atoms with van der Waals surface area (Å²) < 4.78 is 15.5. The van der Waals surface area contributed by atoms with Gasteiger partial charge in [-0.25, -0.2) is 14.4 Å². The molecule has 0 radical (unpaired) electrons. The quantitative estimate of drug-likeness (QED) is 0.392. The molecule has 0 atom stereocenters.